The SMILES string of the molecule is C1CNCC[N-]1.O=C1CCCc2cc(O)ccc21.[Y]. The summed E-state index contributed by atoms with van der Waals surface area (Å²) in [6, 6.07) is 4.97. The van der Waals surface area contributed by atoms with Crippen molar-refractivity contribution in [1.29, 1.82) is 0 Å². The molecular formula is C14H19N2O2Y-. The summed E-state index contributed by atoms with van der Waals surface area (Å²) in [6.45, 7) is 4.19. The van der Waals surface area contributed by atoms with Crippen molar-refractivity contribution in [2.75, 3.05) is 26.2 Å². The van der Waals surface area contributed by atoms with Crippen LogP contribution in [-0.4, -0.2) is 37.1 Å². The number of phenolic OH excluding ortho intramolecular Hbond substituents is 1. The first-order chi connectivity index (χ1) is 8.77. The molecular weight excluding hydrogens is 317 g/mol. The van der Waals surface area contributed by atoms with E-state index in [9.17, 15) is 4.79 Å². The van der Waals surface area contributed by atoms with Gasteiger partial charge >= 0.3 is 0 Å². The van der Waals surface area contributed by atoms with Crippen molar-refractivity contribution in [3.63, 3.8) is 0 Å². The predicted octanol–water partition coefficient (Wildman–Crippen LogP) is 1.87. The number of carbonyl (C=O) groups is 1. The Bertz CT molecular complexity index is 408. The summed E-state index contributed by atoms with van der Waals surface area (Å²) in [7, 11) is 0. The van der Waals surface area contributed by atoms with Gasteiger partial charge in [-0.3, -0.25) is 4.79 Å². The number of hydrogen-bond acceptors (Lipinski definition) is 3. The van der Waals surface area contributed by atoms with Crippen LogP contribution in [0.3, 0.4) is 0 Å². The van der Waals surface area contributed by atoms with Crippen molar-refractivity contribution >= 4 is 5.78 Å². The van der Waals surface area contributed by atoms with Gasteiger partial charge in [0, 0.05) is 44.7 Å². The fourth-order valence-electron chi connectivity index (χ4n) is 2.19. The monoisotopic (exact) mass is 336 g/mol. The van der Waals surface area contributed by atoms with Gasteiger partial charge in [-0.15, -0.1) is 13.1 Å². The molecule has 1 fully saturated rings. The van der Waals surface area contributed by atoms with Crippen LogP contribution in [0.2, 0.25) is 0 Å². The Morgan fingerprint density at radius 3 is 2.47 bits per heavy atom. The number of rotatable bonds is 0. The van der Waals surface area contributed by atoms with E-state index in [4.69, 9.17) is 5.11 Å². The summed E-state index contributed by atoms with van der Waals surface area (Å²) < 4.78 is 0. The van der Waals surface area contributed by atoms with Crippen LogP contribution in [0.4, 0.5) is 0 Å². The van der Waals surface area contributed by atoms with E-state index in [1.54, 1.807) is 18.2 Å². The maximum atomic E-state index is 11.3. The summed E-state index contributed by atoms with van der Waals surface area (Å²) in [5.41, 5.74) is 1.78. The van der Waals surface area contributed by atoms with E-state index in [0.29, 0.717) is 6.42 Å². The standard InChI is InChI=1S/C10H10O2.C4H9N2.Y/c11-8-4-5-9-7(6-8)2-1-3-10(9)12;1-2-6-4-3-5-1;/h4-6,11H,1-3H2;5H,1-4H2;/q;-1;. The Balaban J connectivity index is 0.000000220. The number of nitrogens with zero attached hydrogens (tertiary/aromatic N) is 1. The molecule has 1 radical (unpaired) electrons. The van der Waals surface area contributed by atoms with Crippen molar-refractivity contribution in [3.05, 3.63) is 34.6 Å². The number of phenols is 1. The number of aromatic hydroxyl groups is 1. The predicted molar refractivity (Wildman–Crippen MR) is 71.3 cm³/mol. The van der Waals surface area contributed by atoms with Gasteiger partial charge in [0.2, 0.25) is 0 Å². The number of hydrogen-bond donors (Lipinski definition) is 2. The van der Waals surface area contributed by atoms with Crippen LogP contribution < -0.4 is 5.32 Å². The third-order valence-corrected chi connectivity index (χ3v) is 3.13. The van der Waals surface area contributed by atoms with Crippen molar-refractivity contribution < 1.29 is 42.6 Å². The topological polar surface area (TPSA) is 63.4 Å². The van der Waals surface area contributed by atoms with Crippen LogP contribution in [0.25, 0.3) is 5.32 Å². The molecule has 1 aromatic carbocycles. The van der Waals surface area contributed by atoms with Crippen LogP contribution in [0.5, 0.6) is 5.75 Å². The van der Waals surface area contributed by atoms with E-state index < -0.39 is 0 Å². The fourth-order valence-corrected chi connectivity index (χ4v) is 2.19. The number of carbonyl (C=O) groups excluding carboxylic acids is 1. The quantitative estimate of drug-likeness (QED) is 0.760. The van der Waals surface area contributed by atoms with Gasteiger partial charge in [0.25, 0.3) is 0 Å². The summed E-state index contributed by atoms with van der Waals surface area (Å²) in [5, 5.41) is 16.5. The minimum absolute atomic E-state index is 0. The molecule has 2 aliphatic rings. The second-order valence-electron chi connectivity index (χ2n) is 4.54. The second kappa shape index (κ2) is 8.80. The van der Waals surface area contributed by atoms with Crippen LogP contribution in [0.15, 0.2) is 18.2 Å². The van der Waals surface area contributed by atoms with E-state index in [1.807, 2.05) is 0 Å². The Kier molecular flexibility index (Phi) is 7.77. The number of benzene rings is 1. The van der Waals surface area contributed by atoms with Gasteiger partial charge in [0.1, 0.15) is 5.75 Å². The summed E-state index contributed by atoms with van der Waals surface area (Å²) in [5.74, 6) is 0.458. The van der Waals surface area contributed by atoms with Crippen LogP contribution in [0.1, 0.15) is 28.8 Å². The van der Waals surface area contributed by atoms with E-state index in [1.165, 1.54) is 0 Å². The number of fused-ring (bicyclic) bond motifs is 1. The smallest absolute Gasteiger partial charge is 0.163 e. The Hall–Kier alpha value is -0.286. The molecule has 4 nitrogen and oxygen atoms in total. The summed E-state index contributed by atoms with van der Waals surface area (Å²) in [6.07, 6.45) is 2.47. The first kappa shape index (κ1) is 16.8. The molecule has 3 rings (SSSR count). The minimum atomic E-state index is 0. The number of ketones is 1. The average molecular weight is 336 g/mol. The van der Waals surface area contributed by atoms with Crippen molar-refractivity contribution in [3.8, 4) is 5.75 Å². The Morgan fingerprint density at radius 2 is 1.89 bits per heavy atom. The molecule has 101 valence electrons. The zero-order chi connectivity index (χ0) is 12.8. The van der Waals surface area contributed by atoms with Crippen molar-refractivity contribution in [2.45, 2.75) is 19.3 Å². The van der Waals surface area contributed by atoms with Crippen molar-refractivity contribution in [1.82, 2.24) is 5.32 Å². The zero-order valence-corrected chi connectivity index (χ0v) is 13.9. The number of aryl methyl sites for hydroxylation is 1. The molecule has 0 spiro atoms. The molecule has 0 bridgehead atoms. The van der Waals surface area contributed by atoms with Crippen molar-refractivity contribution in [2.24, 2.45) is 0 Å². The van der Waals surface area contributed by atoms with Gasteiger partial charge < -0.3 is 15.7 Å². The zero-order valence-electron chi connectivity index (χ0n) is 11.1. The van der Waals surface area contributed by atoms with Gasteiger partial charge in [0.05, 0.1) is 0 Å². The third-order valence-electron chi connectivity index (χ3n) is 3.13. The average Bonchev–Trinajstić information content (AvgIpc) is 2.41. The number of nitrogens with one attached hydrogen (secondary N) is 1. The molecule has 0 aromatic heterocycles. The normalized spacial score (nSPS) is 17.6. The molecule has 1 aliphatic heterocycles. The minimum Gasteiger partial charge on any atom is -0.660 e. The number of Topliss-reactive ketones (excluding diaryl/α,β-unsaturated/α-hetero) is 1. The molecule has 2 N–H and O–H groups in total. The third kappa shape index (κ3) is 5.31. The molecule has 0 saturated carbocycles. The molecule has 5 heteroatoms. The molecule has 1 aliphatic carbocycles. The molecule has 19 heavy (non-hydrogen) atoms. The summed E-state index contributed by atoms with van der Waals surface area (Å²) >= 11 is 0. The maximum Gasteiger partial charge on any atom is 0.163 e. The Labute approximate surface area is 139 Å². The van der Waals surface area contributed by atoms with Crippen LogP contribution in [-0.2, 0) is 39.1 Å². The van der Waals surface area contributed by atoms with Gasteiger partial charge in [-0.1, -0.05) is 0 Å². The van der Waals surface area contributed by atoms with Gasteiger partial charge in [0.15, 0.2) is 5.78 Å². The Morgan fingerprint density at radius 1 is 1.16 bits per heavy atom. The molecule has 1 heterocycles. The number of piperazine rings is 1. The largest absolute Gasteiger partial charge is 0.660 e. The van der Waals surface area contributed by atoms with E-state index >= 15 is 0 Å². The van der Waals surface area contributed by atoms with Crippen LogP contribution >= 0.6 is 0 Å². The summed E-state index contributed by atoms with van der Waals surface area (Å²) in [4.78, 5) is 11.3. The van der Waals surface area contributed by atoms with Gasteiger partial charge in [-0.2, -0.15) is 0 Å². The van der Waals surface area contributed by atoms with E-state index in [-0.39, 0.29) is 44.2 Å². The van der Waals surface area contributed by atoms with Crippen LogP contribution in [0, 0.1) is 0 Å². The maximum absolute atomic E-state index is 11.3. The molecule has 1 aromatic rings. The molecule has 0 atom stereocenters. The second-order valence-corrected chi connectivity index (χ2v) is 4.54. The van der Waals surface area contributed by atoms with E-state index in [0.717, 1.165) is 50.1 Å². The molecule has 0 unspecified atom stereocenters. The fraction of sp³-hybridized carbons (Fsp3) is 0.500. The molecule has 0 amide bonds. The molecule has 1 saturated heterocycles. The van der Waals surface area contributed by atoms with Gasteiger partial charge in [-0.25, -0.2) is 0 Å². The first-order valence-corrected chi connectivity index (χ1v) is 6.46. The first-order valence-electron chi connectivity index (χ1n) is 6.46. The van der Waals surface area contributed by atoms with Gasteiger partial charge in [-0.05, 0) is 49.7 Å². The van der Waals surface area contributed by atoms with E-state index in [2.05, 4.69) is 10.6 Å².